The van der Waals surface area contributed by atoms with Crippen molar-refractivity contribution in [1.82, 2.24) is 9.13 Å². The predicted molar refractivity (Wildman–Crippen MR) is 245 cm³/mol. The third-order valence-electron chi connectivity index (χ3n) is 12.8. The first-order valence-electron chi connectivity index (χ1n) is 20.4. The highest BCUT2D eigenvalue weighted by molar-refractivity contribution is 6.84. The molecule has 9 aromatic carbocycles. The fourth-order valence-corrected chi connectivity index (χ4v) is 10.2. The van der Waals surface area contributed by atoms with Crippen LogP contribution >= 0.6 is 0 Å². The molecule has 0 atom stereocenters. The summed E-state index contributed by atoms with van der Waals surface area (Å²) in [5, 5.41) is 7.05. The molecule has 0 spiro atoms. The zero-order valence-corrected chi connectivity index (χ0v) is 32.1. The highest BCUT2D eigenvalue weighted by atomic mass is 16.5. The van der Waals surface area contributed by atoms with Crippen LogP contribution in [-0.2, 0) is 0 Å². The number of ether oxygens (including phenoxy) is 1. The van der Waals surface area contributed by atoms with Gasteiger partial charge in [0.1, 0.15) is 22.8 Å². The molecule has 6 heteroatoms. The van der Waals surface area contributed by atoms with Gasteiger partial charge < -0.3 is 22.9 Å². The topological polar surface area (TPSA) is 41.5 Å². The molecular formula is C54H31BN2O3. The number of nitrogens with zero attached hydrogens (tertiary/aromatic N) is 2. The SMILES string of the molecule is c1ccc2c(c1)OB1c3cc(-n4c5ccccc5c5ccccc54)ccc3Oc3cc(-c4cccc5c4oc4c(-n6c7ccccc7c7ccccc76)cccc45)cc-2c31. The number of hydrogen-bond donors (Lipinski definition) is 0. The Morgan fingerprint density at radius 2 is 0.950 bits per heavy atom. The van der Waals surface area contributed by atoms with E-state index in [4.69, 9.17) is 13.8 Å². The molecule has 14 rings (SSSR count). The molecule has 5 heterocycles. The minimum absolute atomic E-state index is 0.355. The van der Waals surface area contributed by atoms with Crippen LogP contribution in [0.4, 0.5) is 0 Å². The summed E-state index contributed by atoms with van der Waals surface area (Å²) in [7, 11) is 0. The molecule has 0 aliphatic carbocycles. The fourth-order valence-electron chi connectivity index (χ4n) is 10.2. The van der Waals surface area contributed by atoms with E-state index in [0.29, 0.717) is 0 Å². The van der Waals surface area contributed by atoms with Gasteiger partial charge >= 0.3 is 6.92 Å². The van der Waals surface area contributed by atoms with E-state index in [9.17, 15) is 0 Å². The lowest BCUT2D eigenvalue weighted by Crippen LogP contribution is -2.53. The lowest BCUT2D eigenvalue weighted by atomic mass is 9.50. The molecule has 3 aromatic heterocycles. The summed E-state index contributed by atoms with van der Waals surface area (Å²) < 4.78 is 25.7. The highest BCUT2D eigenvalue weighted by Gasteiger charge is 2.41. The minimum Gasteiger partial charge on any atom is -0.551 e. The van der Waals surface area contributed by atoms with Crippen molar-refractivity contribution in [3.63, 3.8) is 0 Å². The molecule has 0 saturated carbocycles. The van der Waals surface area contributed by atoms with Crippen LogP contribution in [0.5, 0.6) is 17.2 Å². The van der Waals surface area contributed by atoms with Crippen molar-refractivity contribution in [3.8, 4) is 50.9 Å². The number of furan rings is 1. The zero-order valence-electron chi connectivity index (χ0n) is 32.1. The Bertz CT molecular complexity index is 3710. The second-order valence-electron chi connectivity index (χ2n) is 15.9. The smallest absolute Gasteiger partial charge is 0.434 e. The first kappa shape index (κ1) is 32.1. The Morgan fingerprint density at radius 3 is 1.65 bits per heavy atom. The average Bonchev–Trinajstić information content (AvgIpc) is 3.97. The molecule has 0 radical (unpaired) electrons. The summed E-state index contributed by atoms with van der Waals surface area (Å²) in [6.45, 7) is -0.355. The van der Waals surface area contributed by atoms with Gasteiger partial charge in [-0.1, -0.05) is 121 Å². The second kappa shape index (κ2) is 11.8. The molecule has 2 aliphatic rings. The number of fused-ring (bicyclic) bond motifs is 13. The van der Waals surface area contributed by atoms with E-state index in [2.05, 4.69) is 191 Å². The third kappa shape index (κ3) is 4.26. The number of rotatable bonds is 3. The molecule has 0 fully saturated rings. The maximum atomic E-state index is 7.09. The van der Waals surface area contributed by atoms with E-state index < -0.39 is 0 Å². The minimum atomic E-state index is -0.355. The van der Waals surface area contributed by atoms with Crippen molar-refractivity contribution in [2.45, 2.75) is 0 Å². The van der Waals surface area contributed by atoms with Crippen LogP contribution in [0.25, 0.3) is 99.2 Å². The van der Waals surface area contributed by atoms with E-state index in [-0.39, 0.29) is 6.92 Å². The number of hydrogen-bond acceptors (Lipinski definition) is 3. The van der Waals surface area contributed by atoms with E-state index in [1.54, 1.807) is 0 Å². The van der Waals surface area contributed by atoms with E-state index in [1.165, 1.54) is 21.5 Å². The Balaban J connectivity index is 0.960. The largest absolute Gasteiger partial charge is 0.551 e. The summed E-state index contributed by atoms with van der Waals surface area (Å²) >= 11 is 0. The van der Waals surface area contributed by atoms with Gasteiger partial charge in [-0.05, 0) is 77.9 Å². The van der Waals surface area contributed by atoms with Crippen molar-refractivity contribution in [2.75, 3.05) is 0 Å². The van der Waals surface area contributed by atoms with Crippen LogP contribution in [0, 0.1) is 0 Å². The summed E-state index contributed by atoms with van der Waals surface area (Å²) in [5.41, 5.74) is 14.6. The highest BCUT2D eigenvalue weighted by Crippen LogP contribution is 2.45. The summed E-state index contributed by atoms with van der Waals surface area (Å²) in [5.74, 6) is 2.43. The van der Waals surface area contributed by atoms with Gasteiger partial charge in [0.05, 0.1) is 27.8 Å². The molecule has 0 bridgehead atoms. The molecule has 60 heavy (non-hydrogen) atoms. The molecular weight excluding hydrogens is 735 g/mol. The summed E-state index contributed by atoms with van der Waals surface area (Å²) in [6.07, 6.45) is 0. The van der Waals surface area contributed by atoms with Gasteiger partial charge in [0.15, 0.2) is 5.58 Å². The quantitative estimate of drug-likeness (QED) is 0.168. The molecule has 0 unspecified atom stereocenters. The van der Waals surface area contributed by atoms with Crippen LogP contribution in [0.2, 0.25) is 0 Å². The van der Waals surface area contributed by atoms with Gasteiger partial charge in [-0.15, -0.1) is 0 Å². The van der Waals surface area contributed by atoms with Crippen molar-refractivity contribution < 1.29 is 13.8 Å². The first-order valence-corrected chi connectivity index (χ1v) is 20.4. The summed E-state index contributed by atoms with van der Waals surface area (Å²) in [6, 6.07) is 66.7. The molecule has 2 aliphatic heterocycles. The van der Waals surface area contributed by atoms with Crippen LogP contribution in [0.15, 0.2) is 192 Å². The molecule has 12 aromatic rings. The van der Waals surface area contributed by atoms with Crippen LogP contribution in [-0.4, -0.2) is 16.0 Å². The van der Waals surface area contributed by atoms with Gasteiger partial charge in [0, 0.05) is 60.1 Å². The van der Waals surface area contributed by atoms with Crippen LogP contribution in [0.3, 0.4) is 0 Å². The normalized spacial score (nSPS) is 12.9. The van der Waals surface area contributed by atoms with E-state index in [1.807, 2.05) is 6.07 Å². The zero-order chi connectivity index (χ0) is 39.1. The molecule has 278 valence electrons. The Kier molecular flexibility index (Phi) is 6.31. The maximum Gasteiger partial charge on any atom is 0.434 e. The van der Waals surface area contributed by atoms with E-state index >= 15 is 0 Å². The number of aromatic nitrogens is 2. The van der Waals surface area contributed by atoms with Crippen molar-refractivity contribution in [2.24, 2.45) is 0 Å². The van der Waals surface area contributed by atoms with Gasteiger partial charge in [0.25, 0.3) is 0 Å². The fraction of sp³-hybridized carbons (Fsp3) is 0. The maximum absolute atomic E-state index is 7.09. The van der Waals surface area contributed by atoms with Crippen LogP contribution < -0.4 is 20.3 Å². The predicted octanol–water partition coefficient (Wildman–Crippen LogP) is 12.7. The number of para-hydroxylation sites is 7. The lowest BCUT2D eigenvalue weighted by molar-refractivity contribution is 0.479. The van der Waals surface area contributed by atoms with Crippen LogP contribution in [0.1, 0.15) is 0 Å². The standard InChI is InChI=1S/C54H31BN2O3/c1-6-21-44-35(13-1)36-14-2-7-22-45(36)56(44)33-27-28-50-43(31-33)55-52-42(39-17-5-10-26-49(39)60-55)29-32(30-51(52)58-50)34-18-11-19-40-41-20-12-25-48(54(41)59-53(34)40)57-46-23-8-3-15-37(46)38-16-4-9-24-47(38)57/h1-31H. The van der Waals surface area contributed by atoms with Crippen molar-refractivity contribution >= 4 is 83.4 Å². The third-order valence-corrected chi connectivity index (χ3v) is 12.8. The van der Waals surface area contributed by atoms with Crippen molar-refractivity contribution in [3.05, 3.63) is 188 Å². The second-order valence-corrected chi connectivity index (χ2v) is 15.9. The molecule has 5 nitrogen and oxygen atoms in total. The summed E-state index contributed by atoms with van der Waals surface area (Å²) in [4.78, 5) is 0. The monoisotopic (exact) mass is 766 g/mol. The van der Waals surface area contributed by atoms with Gasteiger partial charge in [0.2, 0.25) is 0 Å². The molecule has 0 saturated heterocycles. The molecule has 0 N–H and O–H groups in total. The Hall–Kier alpha value is -7.96. The van der Waals surface area contributed by atoms with Gasteiger partial charge in [-0.25, -0.2) is 0 Å². The Labute approximate surface area is 344 Å². The van der Waals surface area contributed by atoms with Gasteiger partial charge in [-0.2, -0.15) is 0 Å². The van der Waals surface area contributed by atoms with Crippen molar-refractivity contribution in [1.29, 1.82) is 0 Å². The molecule has 0 amide bonds. The average molecular weight is 767 g/mol. The lowest BCUT2D eigenvalue weighted by Gasteiger charge is -2.33. The van der Waals surface area contributed by atoms with Gasteiger partial charge in [-0.3, -0.25) is 0 Å². The number of benzene rings is 9. The Morgan fingerprint density at radius 1 is 0.383 bits per heavy atom. The first-order chi connectivity index (χ1) is 29.8. The van der Waals surface area contributed by atoms with E-state index in [0.717, 1.165) is 106 Å².